The Balaban J connectivity index is 1.56. The minimum absolute atomic E-state index is 0.0139. The number of nitrogens with one attached hydrogen (secondary N) is 1. The van der Waals surface area contributed by atoms with Crippen LogP contribution < -0.4 is 5.32 Å². The smallest absolute Gasteiger partial charge is 0.224 e. The van der Waals surface area contributed by atoms with Gasteiger partial charge in [-0.2, -0.15) is 0 Å². The minimum atomic E-state index is -3.52. The van der Waals surface area contributed by atoms with Crippen LogP contribution in [0.15, 0.2) is 18.2 Å². The summed E-state index contributed by atoms with van der Waals surface area (Å²) >= 11 is 11.9. The van der Waals surface area contributed by atoms with Crippen molar-refractivity contribution in [2.45, 2.75) is 50.7 Å². The lowest BCUT2D eigenvalue weighted by Gasteiger charge is -2.32. The second kappa shape index (κ2) is 9.79. The van der Waals surface area contributed by atoms with Crippen LogP contribution in [0.4, 0.5) is 0 Å². The highest BCUT2D eigenvalue weighted by Gasteiger charge is 2.32. The molecule has 0 radical (unpaired) electrons. The van der Waals surface area contributed by atoms with Gasteiger partial charge in [-0.05, 0) is 49.3 Å². The maximum atomic E-state index is 12.8. The highest BCUT2D eigenvalue weighted by Crippen LogP contribution is 2.26. The van der Waals surface area contributed by atoms with Crippen LogP contribution in [0.5, 0.6) is 0 Å². The van der Waals surface area contributed by atoms with E-state index in [1.807, 2.05) is 0 Å². The number of benzene rings is 1. The maximum absolute atomic E-state index is 12.8. The van der Waals surface area contributed by atoms with Crippen LogP contribution in [0.1, 0.15) is 50.5 Å². The number of amides is 1. The van der Waals surface area contributed by atoms with E-state index in [0.29, 0.717) is 41.0 Å². The molecular weight excluding hydrogens is 419 g/mol. The van der Waals surface area contributed by atoms with Crippen LogP contribution >= 0.6 is 23.2 Å². The van der Waals surface area contributed by atoms with Crippen molar-refractivity contribution in [1.82, 2.24) is 9.62 Å². The largest absolute Gasteiger partial charge is 0.356 e. The van der Waals surface area contributed by atoms with E-state index in [1.165, 1.54) is 36.4 Å². The first-order valence-electron chi connectivity index (χ1n) is 10.0. The van der Waals surface area contributed by atoms with Gasteiger partial charge < -0.3 is 5.32 Å². The van der Waals surface area contributed by atoms with Crippen LogP contribution in [-0.4, -0.2) is 38.3 Å². The fourth-order valence-electron chi connectivity index (χ4n) is 4.12. The number of nitrogens with zero attached hydrogens (tertiary/aromatic N) is 1. The van der Waals surface area contributed by atoms with E-state index >= 15 is 0 Å². The lowest BCUT2D eigenvalue weighted by Crippen LogP contribution is -2.46. The maximum Gasteiger partial charge on any atom is 0.224 e. The highest BCUT2D eigenvalue weighted by molar-refractivity contribution is 7.88. The first kappa shape index (κ1) is 21.9. The zero-order chi connectivity index (χ0) is 20.1. The molecule has 5 nitrogen and oxygen atoms in total. The van der Waals surface area contributed by atoms with E-state index < -0.39 is 10.0 Å². The zero-order valence-electron chi connectivity index (χ0n) is 16.0. The Kier molecular flexibility index (Phi) is 7.65. The average molecular weight is 447 g/mol. The number of halogens is 2. The number of carbonyl (C=O) groups is 1. The van der Waals surface area contributed by atoms with Crippen LogP contribution in [-0.2, 0) is 20.6 Å². The predicted molar refractivity (Wildman–Crippen MR) is 113 cm³/mol. The Hall–Kier alpha value is -0.820. The lowest BCUT2D eigenvalue weighted by atomic mass is 9.89. The summed E-state index contributed by atoms with van der Waals surface area (Å²) in [6, 6.07) is 4.86. The fourth-order valence-corrected chi connectivity index (χ4v) is 6.04. The van der Waals surface area contributed by atoms with E-state index in [9.17, 15) is 13.2 Å². The molecule has 1 aromatic rings. The Morgan fingerprint density at radius 1 is 1.07 bits per heavy atom. The number of piperidine rings is 1. The third-order valence-corrected chi connectivity index (χ3v) is 8.33. The monoisotopic (exact) mass is 446 g/mol. The van der Waals surface area contributed by atoms with Gasteiger partial charge in [0, 0.05) is 19.6 Å². The van der Waals surface area contributed by atoms with Crippen molar-refractivity contribution in [3.05, 3.63) is 33.8 Å². The molecule has 1 aliphatic carbocycles. The van der Waals surface area contributed by atoms with Gasteiger partial charge in [0.05, 0.1) is 21.7 Å². The molecule has 0 spiro atoms. The summed E-state index contributed by atoms with van der Waals surface area (Å²) in [6.07, 6.45) is 7.55. The fraction of sp³-hybridized carbons (Fsp3) is 0.650. The molecule has 0 bridgehead atoms. The van der Waals surface area contributed by atoms with Crippen molar-refractivity contribution >= 4 is 39.1 Å². The van der Waals surface area contributed by atoms with E-state index in [2.05, 4.69) is 5.32 Å². The van der Waals surface area contributed by atoms with Crippen molar-refractivity contribution in [2.75, 3.05) is 19.6 Å². The molecular formula is C20H28Cl2N2O3S. The second-order valence-corrected chi connectivity index (χ2v) is 10.7. The van der Waals surface area contributed by atoms with Gasteiger partial charge in [-0.3, -0.25) is 4.79 Å². The molecule has 1 saturated carbocycles. The number of hydrogen-bond acceptors (Lipinski definition) is 3. The number of sulfonamides is 1. The first-order valence-corrected chi connectivity index (χ1v) is 12.4. The third-order valence-electron chi connectivity index (χ3n) is 5.77. The van der Waals surface area contributed by atoms with Gasteiger partial charge in [0.25, 0.3) is 0 Å². The number of hydrogen-bond donors (Lipinski definition) is 1. The molecule has 2 fully saturated rings. The molecule has 1 N–H and O–H groups in total. The molecule has 28 heavy (non-hydrogen) atoms. The van der Waals surface area contributed by atoms with Gasteiger partial charge in [-0.25, -0.2) is 12.7 Å². The summed E-state index contributed by atoms with van der Waals surface area (Å²) in [5.41, 5.74) is 0.596. The van der Waals surface area contributed by atoms with Gasteiger partial charge in [-0.15, -0.1) is 0 Å². The normalized spacial score (nSPS) is 22.1. The second-order valence-electron chi connectivity index (χ2n) is 7.95. The van der Waals surface area contributed by atoms with Crippen molar-refractivity contribution in [3.8, 4) is 0 Å². The lowest BCUT2D eigenvalue weighted by molar-refractivity contribution is -0.126. The van der Waals surface area contributed by atoms with Gasteiger partial charge >= 0.3 is 0 Å². The molecule has 1 heterocycles. The quantitative estimate of drug-likeness (QED) is 0.710. The van der Waals surface area contributed by atoms with Gasteiger partial charge in [-0.1, -0.05) is 48.5 Å². The van der Waals surface area contributed by atoms with Crippen LogP contribution in [0, 0.1) is 11.8 Å². The molecule has 3 rings (SSSR count). The van der Waals surface area contributed by atoms with E-state index in [0.717, 1.165) is 6.42 Å². The topological polar surface area (TPSA) is 66.5 Å². The summed E-state index contributed by atoms with van der Waals surface area (Å²) in [5.74, 6) is 0.136. The molecule has 0 unspecified atom stereocenters. The Labute approximate surface area is 177 Å². The molecule has 1 aliphatic heterocycles. The summed E-state index contributed by atoms with van der Waals surface area (Å²) in [6.45, 7) is 1.42. The number of carbonyl (C=O) groups excluding carboxylic acids is 1. The molecule has 156 valence electrons. The summed E-state index contributed by atoms with van der Waals surface area (Å²) in [5, 5.41) is 3.80. The molecule has 1 atom stereocenters. The Bertz CT molecular complexity index is 795. The molecule has 0 aromatic heterocycles. The Morgan fingerprint density at radius 3 is 2.54 bits per heavy atom. The molecule has 2 aliphatic rings. The summed E-state index contributed by atoms with van der Waals surface area (Å²) in [7, 11) is -3.52. The molecule has 1 aromatic carbocycles. The van der Waals surface area contributed by atoms with Crippen LogP contribution in [0.2, 0.25) is 10.0 Å². The number of rotatable bonds is 6. The molecule has 1 saturated heterocycles. The minimum Gasteiger partial charge on any atom is -0.356 e. The third kappa shape index (κ3) is 5.85. The Morgan fingerprint density at radius 2 is 1.82 bits per heavy atom. The summed E-state index contributed by atoms with van der Waals surface area (Å²) < 4.78 is 27.1. The van der Waals surface area contributed by atoms with Crippen molar-refractivity contribution in [3.63, 3.8) is 0 Å². The predicted octanol–water partition coefficient (Wildman–Crippen LogP) is 4.23. The first-order chi connectivity index (χ1) is 13.3. The zero-order valence-corrected chi connectivity index (χ0v) is 18.3. The standard InChI is InChI=1S/C20H28Cl2N2O3S/c21-18-9-8-16(11-19(18)22)14-28(26,27)24-10-4-7-17(13-24)20(25)23-12-15-5-2-1-3-6-15/h8-9,11,15,17H,1-7,10,12-14H2,(H,23,25)/t17-/m0/s1. The summed E-state index contributed by atoms with van der Waals surface area (Å²) in [4.78, 5) is 12.6. The van der Waals surface area contributed by atoms with Gasteiger partial charge in [0.2, 0.25) is 15.9 Å². The highest BCUT2D eigenvalue weighted by atomic mass is 35.5. The van der Waals surface area contributed by atoms with Gasteiger partial charge in [0.15, 0.2) is 0 Å². The SMILES string of the molecule is O=C(NCC1CCCCC1)[C@H]1CCCN(S(=O)(=O)Cc2ccc(Cl)c(Cl)c2)C1. The van der Waals surface area contributed by atoms with Crippen LogP contribution in [0.3, 0.4) is 0 Å². The van der Waals surface area contributed by atoms with Crippen molar-refractivity contribution in [2.24, 2.45) is 11.8 Å². The van der Waals surface area contributed by atoms with E-state index in [1.54, 1.807) is 18.2 Å². The average Bonchev–Trinajstić information content (AvgIpc) is 2.69. The molecule has 1 amide bonds. The van der Waals surface area contributed by atoms with Crippen LogP contribution in [0.25, 0.3) is 0 Å². The van der Waals surface area contributed by atoms with E-state index in [-0.39, 0.29) is 24.1 Å². The van der Waals surface area contributed by atoms with Crippen molar-refractivity contribution in [1.29, 1.82) is 0 Å². The van der Waals surface area contributed by atoms with Crippen molar-refractivity contribution < 1.29 is 13.2 Å². The van der Waals surface area contributed by atoms with Gasteiger partial charge in [0.1, 0.15) is 0 Å². The van der Waals surface area contributed by atoms with E-state index in [4.69, 9.17) is 23.2 Å². The molecule has 8 heteroatoms.